The fraction of sp³-hybridized carbons (Fsp3) is 0.500. The highest BCUT2D eigenvalue weighted by atomic mass is 32.2. The first-order chi connectivity index (χ1) is 14.3. The van der Waals surface area contributed by atoms with Crippen LogP contribution in [0.2, 0.25) is 0 Å². The van der Waals surface area contributed by atoms with Crippen LogP contribution >= 0.6 is 11.3 Å². The number of fused-ring (bicyclic) bond motifs is 1. The first kappa shape index (κ1) is 21.3. The lowest BCUT2D eigenvalue weighted by Crippen LogP contribution is -2.48. The van der Waals surface area contributed by atoms with Crippen LogP contribution in [-0.4, -0.2) is 45.4 Å². The number of nitrogens with zero attached hydrogens (tertiary/aromatic N) is 2. The molecule has 0 bridgehead atoms. The van der Waals surface area contributed by atoms with Gasteiger partial charge >= 0.3 is 0 Å². The molecule has 1 saturated heterocycles. The molecular weight excluding hydrogens is 420 g/mol. The van der Waals surface area contributed by atoms with E-state index < -0.39 is 10.0 Å². The van der Waals surface area contributed by atoms with E-state index in [1.165, 1.54) is 15.6 Å². The third kappa shape index (κ3) is 3.76. The van der Waals surface area contributed by atoms with Gasteiger partial charge in [-0.3, -0.25) is 4.79 Å². The summed E-state index contributed by atoms with van der Waals surface area (Å²) in [5.74, 6) is 0.367. The Hall–Kier alpha value is -1.90. The molecule has 2 aliphatic heterocycles. The average molecular weight is 449 g/mol. The molecule has 2 aliphatic rings. The summed E-state index contributed by atoms with van der Waals surface area (Å²) >= 11 is 1.28. The van der Waals surface area contributed by atoms with Crippen LogP contribution in [0.15, 0.2) is 28.5 Å². The number of rotatable bonds is 4. The lowest BCUT2D eigenvalue weighted by molar-refractivity contribution is -0.123. The fourth-order valence-electron chi connectivity index (χ4n) is 4.50. The topological polar surface area (TPSA) is 66.9 Å². The molecule has 1 aromatic carbocycles. The Kier molecular flexibility index (Phi) is 5.92. The van der Waals surface area contributed by atoms with E-state index in [1.807, 2.05) is 30.0 Å². The van der Waals surface area contributed by atoms with Crippen molar-refractivity contribution in [3.63, 3.8) is 0 Å². The zero-order chi connectivity index (χ0) is 21.5. The molecule has 6 nitrogen and oxygen atoms in total. The Balaban J connectivity index is 1.60. The second kappa shape index (κ2) is 8.32. The van der Waals surface area contributed by atoms with E-state index in [0.717, 1.165) is 34.5 Å². The summed E-state index contributed by atoms with van der Waals surface area (Å²) in [6.45, 7) is 5.29. The Morgan fingerprint density at radius 2 is 1.93 bits per heavy atom. The summed E-state index contributed by atoms with van der Waals surface area (Å²) in [6, 6.07) is 7.43. The monoisotopic (exact) mass is 448 g/mol. The minimum atomic E-state index is -3.56. The number of benzene rings is 1. The van der Waals surface area contributed by atoms with Gasteiger partial charge in [-0.25, -0.2) is 8.42 Å². The van der Waals surface area contributed by atoms with E-state index in [4.69, 9.17) is 4.74 Å². The van der Waals surface area contributed by atoms with E-state index in [9.17, 15) is 13.2 Å². The maximum atomic E-state index is 13.6. The zero-order valence-corrected chi connectivity index (χ0v) is 19.3. The van der Waals surface area contributed by atoms with Crippen LogP contribution in [0, 0.1) is 19.8 Å². The van der Waals surface area contributed by atoms with Crippen molar-refractivity contribution < 1.29 is 17.9 Å². The van der Waals surface area contributed by atoms with Crippen molar-refractivity contribution in [2.75, 3.05) is 31.6 Å². The molecule has 1 atom stereocenters. The highest BCUT2D eigenvalue weighted by molar-refractivity contribution is 7.91. The summed E-state index contributed by atoms with van der Waals surface area (Å²) in [7, 11) is -1.94. The van der Waals surface area contributed by atoms with Crippen molar-refractivity contribution in [1.82, 2.24) is 4.31 Å². The molecule has 1 fully saturated rings. The molecule has 8 heteroatoms. The van der Waals surface area contributed by atoms with E-state index in [0.29, 0.717) is 35.9 Å². The van der Waals surface area contributed by atoms with Crippen LogP contribution in [0.25, 0.3) is 0 Å². The minimum absolute atomic E-state index is 0.00195. The predicted molar refractivity (Wildman–Crippen MR) is 119 cm³/mol. The second-order valence-corrected chi connectivity index (χ2v) is 11.5. The van der Waals surface area contributed by atoms with Crippen molar-refractivity contribution in [2.24, 2.45) is 5.92 Å². The van der Waals surface area contributed by atoms with Gasteiger partial charge in [0.2, 0.25) is 5.91 Å². The van der Waals surface area contributed by atoms with Gasteiger partial charge in [-0.15, -0.1) is 11.3 Å². The standard InChI is InChI=1S/C22H28N2O4S2/c1-15-8-10-19(28-3)21-18(15)7-5-13-24(21)22(25)17-6-4-12-23(14-17)30(26,27)20-11-9-16(2)29-20/h8-11,17H,4-7,12-14H2,1-3H3. The molecule has 162 valence electrons. The first-order valence-electron chi connectivity index (χ1n) is 10.4. The number of piperidine rings is 1. The molecule has 1 amide bonds. The van der Waals surface area contributed by atoms with Crippen LogP contribution in [-0.2, 0) is 21.2 Å². The summed E-state index contributed by atoms with van der Waals surface area (Å²) in [4.78, 5) is 16.4. The number of amides is 1. The van der Waals surface area contributed by atoms with E-state index in [1.54, 1.807) is 13.2 Å². The second-order valence-electron chi connectivity index (χ2n) is 8.07. The van der Waals surface area contributed by atoms with Crippen molar-refractivity contribution in [3.05, 3.63) is 40.3 Å². The number of aryl methyl sites for hydroxylation is 2. The fourth-order valence-corrected chi connectivity index (χ4v) is 7.46. The van der Waals surface area contributed by atoms with Crippen molar-refractivity contribution in [3.8, 4) is 5.75 Å². The average Bonchev–Trinajstić information content (AvgIpc) is 3.20. The number of methoxy groups -OCH3 is 1. The smallest absolute Gasteiger partial charge is 0.252 e. The van der Waals surface area contributed by atoms with Gasteiger partial charge < -0.3 is 9.64 Å². The molecule has 0 radical (unpaired) electrons. The number of ether oxygens (including phenoxy) is 1. The maximum Gasteiger partial charge on any atom is 0.252 e. The Morgan fingerprint density at radius 3 is 2.63 bits per heavy atom. The van der Waals surface area contributed by atoms with E-state index >= 15 is 0 Å². The summed E-state index contributed by atoms with van der Waals surface area (Å²) < 4.78 is 33.6. The van der Waals surface area contributed by atoms with Crippen LogP contribution in [0.5, 0.6) is 5.75 Å². The minimum Gasteiger partial charge on any atom is -0.495 e. The summed E-state index contributed by atoms with van der Waals surface area (Å²) in [5.41, 5.74) is 3.18. The van der Waals surface area contributed by atoms with Crippen LogP contribution in [0.4, 0.5) is 5.69 Å². The Morgan fingerprint density at radius 1 is 1.13 bits per heavy atom. The van der Waals surface area contributed by atoms with Gasteiger partial charge in [0.05, 0.1) is 18.7 Å². The van der Waals surface area contributed by atoms with Gasteiger partial charge in [-0.2, -0.15) is 4.31 Å². The molecule has 2 aromatic rings. The van der Waals surface area contributed by atoms with Gasteiger partial charge in [0, 0.05) is 24.5 Å². The first-order valence-corrected chi connectivity index (χ1v) is 12.6. The van der Waals surface area contributed by atoms with E-state index in [2.05, 4.69) is 6.92 Å². The van der Waals surface area contributed by atoms with Gasteiger partial charge in [0.15, 0.2) is 0 Å². The number of anilines is 1. The van der Waals surface area contributed by atoms with E-state index in [-0.39, 0.29) is 18.4 Å². The third-order valence-corrected chi connectivity index (χ3v) is 9.42. The molecule has 0 spiro atoms. The number of hydrogen-bond acceptors (Lipinski definition) is 5. The number of sulfonamides is 1. The van der Waals surface area contributed by atoms with Crippen LogP contribution in [0.3, 0.4) is 0 Å². The number of carbonyl (C=O) groups is 1. The lowest BCUT2D eigenvalue weighted by Gasteiger charge is -2.37. The van der Waals surface area contributed by atoms with Gasteiger partial charge in [-0.05, 0) is 68.9 Å². The molecular formula is C22H28N2O4S2. The summed E-state index contributed by atoms with van der Waals surface area (Å²) in [5, 5.41) is 0. The maximum absolute atomic E-state index is 13.6. The molecule has 1 aromatic heterocycles. The molecule has 30 heavy (non-hydrogen) atoms. The Bertz CT molecular complexity index is 1060. The third-order valence-electron chi connectivity index (χ3n) is 6.09. The lowest BCUT2D eigenvalue weighted by atomic mass is 9.93. The number of thiophene rings is 1. The van der Waals surface area contributed by atoms with Crippen molar-refractivity contribution in [2.45, 2.75) is 43.7 Å². The van der Waals surface area contributed by atoms with Crippen molar-refractivity contribution in [1.29, 1.82) is 0 Å². The van der Waals surface area contributed by atoms with Gasteiger partial charge in [0.1, 0.15) is 9.96 Å². The van der Waals surface area contributed by atoms with Crippen LogP contribution in [0.1, 0.15) is 35.3 Å². The zero-order valence-electron chi connectivity index (χ0n) is 17.7. The predicted octanol–water partition coefficient (Wildman–Crippen LogP) is 3.75. The molecule has 4 rings (SSSR count). The van der Waals surface area contributed by atoms with Crippen molar-refractivity contribution >= 4 is 33.0 Å². The van der Waals surface area contributed by atoms with Crippen LogP contribution < -0.4 is 9.64 Å². The van der Waals surface area contributed by atoms with Gasteiger partial charge in [0.25, 0.3) is 10.0 Å². The number of carbonyl (C=O) groups excluding carboxylic acids is 1. The largest absolute Gasteiger partial charge is 0.495 e. The highest BCUT2D eigenvalue weighted by Crippen LogP contribution is 2.39. The highest BCUT2D eigenvalue weighted by Gasteiger charge is 2.37. The molecule has 0 saturated carbocycles. The molecule has 1 unspecified atom stereocenters. The summed E-state index contributed by atoms with van der Waals surface area (Å²) in [6.07, 6.45) is 3.21. The molecule has 3 heterocycles. The quantitative estimate of drug-likeness (QED) is 0.714. The normalized spacial score (nSPS) is 20.1. The Labute approximate surface area is 182 Å². The molecule has 0 aliphatic carbocycles. The van der Waals surface area contributed by atoms with Gasteiger partial charge in [-0.1, -0.05) is 6.07 Å². The SMILES string of the molecule is COc1ccc(C)c2c1N(C(=O)C1CCCN(S(=O)(=O)c3ccc(C)s3)C1)CCC2. The molecule has 0 N–H and O–H groups in total. The number of hydrogen-bond donors (Lipinski definition) is 0.